The summed E-state index contributed by atoms with van der Waals surface area (Å²) in [5.41, 5.74) is 1.02. The summed E-state index contributed by atoms with van der Waals surface area (Å²) in [5, 5.41) is 4.65. The van der Waals surface area contributed by atoms with Gasteiger partial charge < -0.3 is 10.1 Å². The molecule has 2 nitrogen and oxygen atoms in total. The molecule has 0 heterocycles. The van der Waals surface area contributed by atoms with Crippen LogP contribution in [-0.2, 0) is 6.54 Å². The third kappa shape index (κ3) is 7.03. The topological polar surface area (TPSA) is 21.3 Å². The molecule has 1 aromatic rings. The molecule has 0 bridgehead atoms. The van der Waals surface area contributed by atoms with Crippen molar-refractivity contribution in [2.24, 2.45) is 0 Å². The van der Waals surface area contributed by atoms with E-state index in [1.807, 2.05) is 13.0 Å². The predicted octanol–water partition coefficient (Wildman–Crippen LogP) is 5.48. The van der Waals surface area contributed by atoms with Gasteiger partial charge in [-0.2, -0.15) is 0 Å². The van der Waals surface area contributed by atoms with Gasteiger partial charge in [-0.05, 0) is 32.0 Å². The van der Waals surface area contributed by atoms with E-state index in [9.17, 15) is 0 Å². The SMILES string of the molecule is CCCCCCNCc1cc(Cl)cc(Cl)c1OCC.Cl. The molecule has 0 aliphatic rings. The monoisotopic (exact) mass is 339 g/mol. The van der Waals surface area contributed by atoms with Crippen LogP contribution < -0.4 is 10.1 Å². The van der Waals surface area contributed by atoms with Gasteiger partial charge in [-0.3, -0.25) is 0 Å². The lowest BCUT2D eigenvalue weighted by atomic mass is 10.2. The van der Waals surface area contributed by atoms with Crippen molar-refractivity contribution in [1.82, 2.24) is 5.32 Å². The highest BCUT2D eigenvalue weighted by Crippen LogP contribution is 2.32. The third-order valence-corrected chi connectivity index (χ3v) is 3.40. The lowest BCUT2D eigenvalue weighted by Gasteiger charge is -2.13. The highest BCUT2D eigenvalue weighted by molar-refractivity contribution is 6.35. The Balaban J connectivity index is 0.00000361. The minimum Gasteiger partial charge on any atom is -0.492 e. The standard InChI is InChI=1S/C15H23Cl2NO.ClH/c1-3-5-6-7-8-18-11-12-9-13(16)10-14(17)15(12)19-4-2;/h9-10,18H,3-8,11H2,1-2H3;1H. The lowest BCUT2D eigenvalue weighted by molar-refractivity contribution is 0.335. The Kier molecular flexibility index (Phi) is 11.4. The molecule has 0 saturated heterocycles. The molecule has 0 fully saturated rings. The Morgan fingerprint density at radius 1 is 1.10 bits per heavy atom. The maximum atomic E-state index is 6.16. The summed E-state index contributed by atoms with van der Waals surface area (Å²) < 4.78 is 5.59. The third-order valence-electron chi connectivity index (χ3n) is 2.90. The number of hydrogen-bond donors (Lipinski definition) is 1. The fraction of sp³-hybridized carbons (Fsp3) is 0.600. The highest BCUT2D eigenvalue weighted by Gasteiger charge is 2.10. The van der Waals surface area contributed by atoms with Crippen LogP contribution in [0.15, 0.2) is 12.1 Å². The van der Waals surface area contributed by atoms with Crippen LogP contribution in [0.1, 0.15) is 45.1 Å². The van der Waals surface area contributed by atoms with Gasteiger partial charge in [0.15, 0.2) is 0 Å². The van der Waals surface area contributed by atoms with Crippen LogP contribution in [0.5, 0.6) is 5.75 Å². The van der Waals surface area contributed by atoms with Crippen molar-refractivity contribution in [2.45, 2.75) is 46.1 Å². The van der Waals surface area contributed by atoms with Crippen molar-refractivity contribution in [1.29, 1.82) is 0 Å². The molecule has 5 heteroatoms. The van der Waals surface area contributed by atoms with Gasteiger partial charge in [-0.25, -0.2) is 0 Å². The van der Waals surface area contributed by atoms with Gasteiger partial charge in [0, 0.05) is 17.1 Å². The van der Waals surface area contributed by atoms with Crippen molar-refractivity contribution < 1.29 is 4.74 Å². The summed E-state index contributed by atoms with van der Waals surface area (Å²) in [4.78, 5) is 0. The smallest absolute Gasteiger partial charge is 0.142 e. The van der Waals surface area contributed by atoms with E-state index in [2.05, 4.69) is 12.2 Å². The minimum atomic E-state index is 0. The molecule has 20 heavy (non-hydrogen) atoms. The van der Waals surface area contributed by atoms with E-state index in [0.29, 0.717) is 16.7 Å². The Bertz CT molecular complexity index is 386. The van der Waals surface area contributed by atoms with E-state index in [4.69, 9.17) is 27.9 Å². The zero-order valence-electron chi connectivity index (χ0n) is 12.2. The summed E-state index contributed by atoms with van der Waals surface area (Å²) in [6.45, 7) is 6.52. The average molecular weight is 341 g/mol. The molecular weight excluding hydrogens is 317 g/mol. The molecule has 0 unspecified atom stereocenters. The predicted molar refractivity (Wildman–Crippen MR) is 90.7 cm³/mol. The maximum absolute atomic E-state index is 6.16. The number of halogens is 3. The number of benzene rings is 1. The van der Waals surface area contributed by atoms with Gasteiger partial charge in [-0.15, -0.1) is 12.4 Å². The summed E-state index contributed by atoms with van der Waals surface area (Å²) in [5.74, 6) is 0.745. The number of ether oxygens (including phenoxy) is 1. The first-order valence-electron chi connectivity index (χ1n) is 7.00. The van der Waals surface area contributed by atoms with Crippen molar-refractivity contribution in [3.05, 3.63) is 27.7 Å². The summed E-state index contributed by atoms with van der Waals surface area (Å²) >= 11 is 12.2. The molecule has 0 atom stereocenters. The second kappa shape index (κ2) is 11.5. The Morgan fingerprint density at radius 3 is 2.50 bits per heavy atom. The Morgan fingerprint density at radius 2 is 1.85 bits per heavy atom. The maximum Gasteiger partial charge on any atom is 0.142 e. The Labute approximate surface area is 138 Å². The van der Waals surface area contributed by atoms with Crippen molar-refractivity contribution in [3.63, 3.8) is 0 Å². The van der Waals surface area contributed by atoms with E-state index in [1.54, 1.807) is 6.07 Å². The zero-order valence-corrected chi connectivity index (χ0v) is 14.5. The van der Waals surface area contributed by atoms with Crippen molar-refractivity contribution in [3.8, 4) is 5.75 Å². The molecule has 0 saturated carbocycles. The van der Waals surface area contributed by atoms with Crippen LogP contribution in [0.4, 0.5) is 0 Å². The second-order valence-electron chi connectivity index (χ2n) is 4.55. The van der Waals surface area contributed by atoms with Crippen LogP contribution in [-0.4, -0.2) is 13.2 Å². The molecule has 0 aliphatic carbocycles. The highest BCUT2D eigenvalue weighted by atomic mass is 35.5. The second-order valence-corrected chi connectivity index (χ2v) is 5.39. The van der Waals surface area contributed by atoms with E-state index < -0.39 is 0 Å². The van der Waals surface area contributed by atoms with Crippen LogP contribution in [0.3, 0.4) is 0 Å². The molecule has 0 aliphatic heterocycles. The van der Waals surface area contributed by atoms with Gasteiger partial charge in [0.2, 0.25) is 0 Å². The molecule has 1 rings (SSSR count). The number of rotatable bonds is 9. The molecule has 0 amide bonds. The van der Waals surface area contributed by atoms with Gasteiger partial charge in [0.05, 0.1) is 11.6 Å². The molecule has 0 spiro atoms. The van der Waals surface area contributed by atoms with Crippen LogP contribution >= 0.6 is 35.6 Å². The average Bonchev–Trinajstić information content (AvgIpc) is 2.37. The van der Waals surface area contributed by atoms with Gasteiger partial charge in [-0.1, -0.05) is 49.4 Å². The first-order chi connectivity index (χ1) is 9.19. The first-order valence-corrected chi connectivity index (χ1v) is 7.76. The quantitative estimate of drug-likeness (QED) is 0.601. The normalized spacial score (nSPS) is 10.2. The lowest BCUT2D eigenvalue weighted by Crippen LogP contribution is -2.15. The van der Waals surface area contributed by atoms with E-state index in [1.165, 1.54) is 25.7 Å². The number of unbranched alkanes of at least 4 members (excludes halogenated alkanes) is 3. The van der Waals surface area contributed by atoms with Crippen LogP contribution in [0.2, 0.25) is 10.0 Å². The molecule has 0 radical (unpaired) electrons. The van der Waals surface area contributed by atoms with Crippen LogP contribution in [0, 0.1) is 0 Å². The first kappa shape index (κ1) is 19.9. The number of hydrogen-bond acceptors (Lipinski definition) is 2. The minimum absolute atomic E-state index is 0. The fourth-order valence-electron chi connectivity index (χ4n) is 1.95. The van der Waals surface area contributed by atoms with E-state index in [0.717, 1.165) is 24.4 Å². The van der Waals surface area contributed by atoms with Crippen LogP contribution in [0.25, 0.3) is 0 Å². The van der Waals surface area contributed by atoms with Gasteiger partial charge in [0.25, 0.3) is 0 Å². The van der Waals surface area contributed by atoms with Gasteiger partial charge in [0.1, 0.15) is 5.75 Å². The fourth-order valence-corrected chi connectivity index (χ4v) is 2.54. The molecule has 0 aromatic heterocycles. The van der Waals surface area contributed by atoms with E-state index in [-0.39, 0.29) is 12.4 Å². The number of nitrogens with one attached hydrogen (secondary N) is 1. The van der Waals surface area contributed by atoms with Gasteiger partial charge >= 0.3 is 0 Å². The van der Waals surface area contributed by atoms with Crippen molar-refractivity contribution >= 4 is 35.6 Å². The molecular formula is C15H24Cl3NO. The molecule has 1 aromatic carbocycles. The summed E-state index contributed by atoms with van der Waals surface area (Å²) in [6, 6.07) is 3.64. The summed E-state index contributed by atoms with van der Waals surface area (Å²) in [6.07, 6.45) is 5.04. The zero-order chi connectivity index (χ0) is 14.1. The molecule has 116 valence electrons. The van der Waals surface area contributed by atoms with Crippen molar-refractivity contribution in [2.75, 3.05) is 13.2 Å². The molecule has 1 N–H and O–H groups in total. The summed E-state index contributed by atoms with van der Waals surface area (Å²) in [7, 11) is 0. The Hall–Kier alpha value is -0.150. The van der Waals surface area contributed by atoms with E-state index >= 15 is 0 Å². The largest absolute Gasteiger partial charge is 0.492 e.